The summed E-state index contributed by atoms with van der Waals surface area (Å²) in [7, 11) is 0. The van der Waals surface area contributed by atoms with Gasteiger partial charge in [0.05, 0.1) is 0 Å². The molecule has 0 aliphatic rings. The normalized spacial score (nSPS) is 13.6. The van der Waals surface area contributed by atoms with E-state index in [1.54, 1.807) is 39.0 Å². The lowest BCUT2D eigenvalue weighted by atomic mass is 9.95. The second kappa shape index (κ2) is 14.7. The van der Waals surface area contributed by atoms with Crippen molar-refractivity contribution in [1.29, 1.82) is 0 Å². The zero-order chi connectivity index (χ0) is 30.0. The smallest absolute Gasteiger partial charge is 0.408 e. The van der Waals surface area contributed by atoms with Crippen molar-refractivity contribution >= 4 is 23.6 Å². The van der Waals surface area contributed by atoms with Crippen molar-refractivity contribution in [3.63, 3.8) is 0 Å². The number of phenols is 1. The number of amides is 3. The molecule has 2 rings (SSSR count). The molecule has 0 aliphatic carbocycles. The zero-order valence-electron chi connectivity index (χ0n) is 25.3. The largest absolute Gasteiger partial charge is 0.508 e. The number of nitrogens with zero attached hydrogens (tertiary/aromatic N) is 1. The summed E-state index contributed by atoms with van der Waals surface area (Å²) < 4.78 is 5.47. The lowest BCUT2D eigenvalue weighted by Gasteiger charge is -2.36. The van der Waals surface area contributed by atoms with E-state index >= 15 is 0 Å². The fraction of sp³-hybridized carbons (Fsp3) is 0.531. The Morgan fingerprint density at radius 1 is 0.975 bits per heavy atom. The van der Waals surface area contributed by atoms with E-state index in [2.05, 4.69) is 17.6 Å². The molecule has 0 bridgehead atoms. The van der Waals surface area contributed by atoms with Crippen molar-refractivity contribution in [3.05, 3.63) is 59.2 Å². The van der Waals surface area contributed by atoms with Crippen LogP contribution in [0.15, 0.2) is 42.5 Å². The number of para-hydroxylation sites is 2. The average molecular weight is 554 g/mol. The molecule has 0 saturated heterocycles. The summed E-state index contributed by atoms with van der Waals surface area (Å²) in [6.45, 7) is 15.3. The number of ether oxygens (including phenoxy) is 1. The number of aromatic hydroxyl groups is 1. The number of hydrogen-bond acceptors (Lipinski definition) is 5. The van der Waals surface area contributed by atoms with Gasteiger partial charge in [0.25, 0.3) is 5.91 Å². The van der Waals surface area contributed by atoms with Crippen molar-refractivity contribution in [2.75, 3.05) is 11.9 Å². The zero-order valence-corrected chi connectivity index (χ0v) is 25.3. The Hall–Kier alpha value is -3.55. The van der Waals surface area contributed by atoms with Crippen LogP contribution in [0.25, 0.3) is 0 Å². The first kappa shape index (κ1) is 32.7. The lowest BCUT2D eigenvalue weighted by Crippen LogP contribution is -2.55. The number of nitrogens with one attached hydrogen (secondary N) is 2. The second-order valence-electron chi connectivity index (χ2n) is 11.5. The highest BCUT2D eigenvalue weighted by atomic mass is 16.6. The molecule has 8 nitrogen and oxygen atoms in total. The molecule has 0 aromatic heterocycles. The van der Waals surface area contributed by atoms with Gasteiger partial charge in [0.15, 0.2) is 0 Å². The lowest BCUT2D eigenvalue weighted by molar-refractivity contribution is -0.142. The topological polar surface area (TPSA) is 108 Å². The molecule has 0 heterocycles. The molecule has 0 fully saturated rings. The Morgan fingerprint density at radius 3 is 2.15 bits per heavy atom. The minimum atomic E-state index is -1.13. The number of hydrogen-bond donors (Lipinski definition) is 3. The number of alkyl carbamates (subject to hydrolysis) is 1. The molecule has 0 aliphatic heterocycles. The van der Waals surface area contributed by atoms with Crippen LogP contribution in [0.2, 0.25) is 0 Å². The van der Waals surface area contributed by atoms with E-state index in [1.807, 2.05) is 45.9 Å². The van der Waals surface area contributed by atoms with Crippen LogP contribution in [-0.2, 0) is 14.3 Å². The summed E-state index contributed by atoms with van der Waals surface area (Å²) in [5.74, 6) is -1.16. The maximum Gasteiger partial charge on any atom is 0.408 e. The van der Waals surface area contributed by atoms with Gasteiger partial charge >= 0.3 is 6.09 Å². The van der Waals surface area contributed by atoms with E-state index in [4.69, 9.17) is 4.74 Å². The van der Waals surface area contributed by atoms with Crippen molar-refractivity contribution in [3.8, 4) is 5.75 Å². The van der Waals surface area contributed by atoms with Crippen molar-refractivity contribution in [1.82, 2.24) is 10.2 Å². The number of carbonyl (C=O) groups is 3. The van der Waals surface area contributed by atoms with Crippen LogP contribution in [0.5, 0.6) is 5.75 Å². The van der Waals surface area contributed by atoms with E-state index in [1.165, 1.54) is 11.0 Å². The Bertz CT molecular complexity index is 1140. The molecule has 0 saturated carbocycles. The molecule has 40 heavy (non-hydrogen) atoms. The van der Waals surface area contributed by atoms with Gasteiger partial charge in [0.2, 0.25) is 5.91 Å². The van der Waals surface area contributed by atoms with E-state index in [-0.39, 0.29) is 18.2 Å². The first-order valence-electron chi connectivity index (χ1n) is 14.3. The van der Waals surface area contributed by atoms with Gasteiger partial charge in [-0.2, -0.15) is 0 Å². The van der Waals surface area contributed by atoms with E-state index < -0.39 is 35.6 Å². The van der Waals surface area contributed by atoms with Gasteiger partial charge in [0.1, 0.15) is 23.4 Å². The molecule has 2 aromatic rings. The standard InChI is InChI=1S/C32H47N3O5/c1-9-11-14-20-35(30(38)27(21(3)10-2)34-31(39)40-32(6,7)8)28(24-18-12-13-19-25(24)36)29(37)33-26-22(4)16-15-17-23(26)5/h12-13,15-19,21,27-28,36H,9-11,14,20H2,1-8H3,(H,33,37)(H,34,39). The molecule has 3 atom stereocenters. The fourth-order valence-corrected chi connectivity index (χ4v) is 4.57. The number of aryl methyl sites for hydroxylation is 2. The Morgan fingerprint density at radius 2 is 1.60 bits per heavy atom. The van der Waals surface area contributed by atoms with Gasteiger partial charge in [-0.1, -0.05) is 76.4 Å². The van der Waals surface area contributed by atoms with Gasteiger partial charge < -0.3 is 25.4 Å². The molecule has 0 spiro atoms. The molecular formula is C32H47N3O5. The maximum atomic E-state index is 14.3. The van der Waals surface area contributed by atoms with Gasteiger partial charge in [-0.25, -0.2) is 4.79 Å². The first-order chi connectivity index (χ1) is 18.8. The van der Waals surface area contributed by atoms with E-state index in [0.717, 1.165) is 24.0 Å². The molecule has 8 heteroatoms. The Labute approximate surface area is 239 Å². The van der Waals surface area contributed by atoms with Crippen LogP contribution in [-0.4, -0.2) is 46.1 Å². The molecule has 0 radical (unpaired) electrons. The number of phenolic OH excluding ortho intramolecular Hbond substituents is 1. The number of rotatable bonds is 12. The highest BCUT2D eigenvalue weighted by molar-refractivity contribution is 6.00. The van der Waals surface area contributed by atoms with Gasteiger partial charge in [-0.05, 0) is 64.2 Å². The molecule has 2 aromatic carbocycles. The Balaban J connectivity index is 2.61. The van der Waals surface area contributed by atoms with Crippen LogP contribution in [0.3, 0.4) is 0 Å². The fourth-order valence-electron chi connectivity index (χ4n) is 4.57. The highest BCUT2D eigenvalue weighted by Crippen LogP contribution is 2.32. The minimum Gasteiger partial charge on any atom is -0.508 e. The van der Waals surface area contributed by atoms with Crippen LogP contribution >= 0.6 is 0 Å². The minimum absolute atomic E-state index is 0.0855. The van der Waals surface area contributed by atoms with E-state index in [9.17, 15) is 19.5 Å². The summed E-state index contributed by atoms with van der Waals surface area (Å²) >= 11 is 0. The molecular weight excluding hydrogens is 506 g/mol. The monoisotopic (exact) mass is 553 g/mol. The van der Waals surface area contributed by atoms with Crippen LogP contribution in [0, 0.1) is 19.8 Å². The van der Waals surface area contributed by atoms with Crippen molar-refractivity contribution < 1.29 is 24.2 Å². The number of unbranched alkanes of at least 4 members (excludes halogenated alkanes) is 2. The average Bonchev–Trinajstić information content (AvgIpc) is 2.88. The summed E-state index contributed by atoms with van der Waals surface area (Å²) in [6, 6.07) is 10.2. The second-order valence-corrected chi connectivity index (χ2v) is 11.5. The predicted molar refractivity (Wildman–Crippen MR) is 159 cm³/mol. The first-order valence-corrected chi connectivity index (χ1v) is 14.3. The maximum absolute atomic E-state index is 14.3. The summed E-state index contributed by atoms with van der Waals surface area (Å²) in [5.41, 5.74) is 2.02. The van der Waals surface area contributed by atoms with Crippen molar-refractivity contribution in [2.45, 2.75) is 98.8 Å². The molecule has 3 N–H and O–H groups in total. The van der Waals surface area contributed by atoms with Crippen molar-refractivity contribution in [2.24, 2.45) is 5.92 Å². The number of anilines is 1. The number of carbonyl (C=O) groups excluding carboxylic acids is 3. The summed E-state index contributed by atoms with van der Waals surface area (Å²) in [5, 5.41) is 16.7. The van der Waals surface area contributed by atoms with Gasteiger partial charge in [-0.15, -0.1) is 0 Å². The van der Waals surface area contributed by atoms with Crippen LogP contribution in [0.4, 0.5) is 10.5 Å². The van der Waals surface area contributed by atoms with Gasteiger partial charge in [-0.3, -0.25) is 9.59 Å². The summed E-state index contributed by atoms with van der Waals surface area (Å²) in [6.07, 6.45) is 2.35. The molecule has 3 amide bonds. The third kappa shape index (κ3) is 9.00. The van der Waals surface area contributed by atoms with Crippen LogP contribution in [0.1, 0.15) is 90.0 Å². The molecule has 220 valence electrons. The van der Waals surface area contributed by atoms with Crippen LogP contribution < -0.4 is 10.6 Å². The summed E-state index contributed by atoms with van der Waals surface area (Å²) in [4.78, 5) is 42.7. The SMILES string of the molecule is CCCCCN(C(=O)C(NC(=O)OC(C)(C)C)C(C)CC)C(C(=O)Nc1c(C)cccc1C)c1ccccc1O. The quantitative estimate of drug-likeness (QED) is 0.255. The molecule has 3 unspecified atom stereocenters. The number of benzene rings is 2. The Kier molecular flexibility index (Phi) is 12.0. The third-order valence-electron chi connectivity index (χ3n) is 6.96. The third-order valence-corrected chi connectivity index (χ3v) is 6.96. The van der Waals surface area contributed by atoms with Gasteiger partial charge in [0, 0.05) is 17.8 Å². The highest BCUT2D eigenvalue weighted by Gasteiger charge is 2.39. The van der Waals surface area contributed by atoms with E-state index in [0.29, 0.717) is 24.1 Å². The predicted octanol–water partition coefficient (Wildman–Crippen LogP) is 6.65.